The van der Waals surface area contributed by atoms with Crippen molar-refractivity contribution in [3.8, 4) is 0 Å². The van der Waals surface area contributed by atoms with Crippen molar-refractivity contribution in [2.45, 2.75) is 39.0 Å². The standard InChI is InChI=1S/C21H30FN5O.HI/c1-3-23-21(25-14-17-6-9-26(2)15-17)24-13-16-4-5-20(19(22)12-16)27-10-7-18(28)8-11-27;/h4-6,9,12,15,18,28H,3,7-8,10-11,13-14H2,1-2H3,(H2,23,24,25);1H. The fraction of sp³-hybridized carbons (Fsp3) is 0.476. The van der Waals surface area contributed by atoms with Gasteiger partial charge < -0.3 is 25.2 Å². The van der Waals surface area contributed by atoms with Crippen LogP contribution < -0.4 is 15.5 Å². The van der Waals surface area contributed by atoms with Gasteiger partial charge in [0, 0.05) is 45.6 Å². The average Bonchev–Trinajstić information content (AvgIpc) is 3.10. The molecular formula is C21H31FIN5O. The number of piperidine rings is 1. The first-order chi connectivity index (χ1) is 13.5. The molecule has 1 aromatic carbocycles. The number of nitrogens with zero attached hydrogens (tertiary/aromatic N) is 3. The van der Waals surface area contributed by atoms with E-state index in [0.717, 1.165) is 17.7 Å². The first kappa shape index (κ1) is 23.5. The van der Waals surface area contributed by atoms with Crippen molar-refractivity contribution in [3.63, 3.8) is 0 Å². The molecule has 160 valence electrons. The van der Waals surface area contributed by atoms with E-state index in [1.54, 1.807) is 6.07 Å². The molecule has 1 fully saturated rings. The quantitative estimate of drug-likeness (QED) is 0.315. The van der Waals surface area contributed by atoms with E-state index in [0.29, 0.717) is 50.7 Å². The number of aryl methyl sites for hydroxylation is 1. The lowest BCUT2D eigenvalue weighted by Crippen LogP contribution is -2.37. The first-order valence-corrected chi connectivity index (χ1v) is 9.89. The van der Waals surface area contributed by atoms with Crippen LogP contribution in [-0.4, -0.2) is 41.4 Å². The summed E-state index contributed by atoms with van der Waals surface area (Å²) in [4.78, 5) is 6.59. The molecule has 0 unspecified atom stereocenters. The van der Waals surface area contributed by atoms with E-state index in [4.69, 9.17) is 0 Å². The second-order valence-electron chi connectivity index (χ2n) is 7.24. The van der Waals surface area contributed by atoms with Crippen LogP contribution >= 0.6 is 24.0 Å². The fourth-order valence-corrected chi connectivity index (χ4v) is 3.38. The van der Waals surface area contributed by atoms with Gasteiger partial charge in [-0.3, -0.25) is 0 Å². The van der Waals surface area contributed by atoms with Crippen LogP contribution in [0.15, 0.2) is 41.7 Å². The van der Waals surface area contributed by atoms with Crippen LogP contribution in [0.2, 0.25) is 0 Å². The maximum absolute atomic E-state index is 14.6. The Morgan fingerprint density at radius 1 is 1.21 bits per heavy atom. The molecule has 0 bridgehead atoms. The van der Waals surface area contributed by atoms with E-state index in [1.165, 1.54) is 0 Å². The van der Waals surface area contributed by atoms with Crippen molar-refractivity contribution in [2.75, 3.05) is 24.5 Å². The van der Waals surface area contributed by atoms with Gasteiger partial charge in [-0.15, -0.1) is 24.0 Å². The number of benzene rings is 1. The van der Waals surface area contributed by atoms with E-state index in [1.807, 2.05) is 54.0 Å². The van der Waals surface area contributed by atoms with Crippen LogP contribution in [0, 0.1) is 5.82 Å². The van der Waals surface area contributed by atoms with Crippen molar-refractivity contribution < 1.29 is 9.50 Å². The predicted molar refractivity (Wildman–Crippen MR) is 126 cm³/mol. The molecule has 0 spiro atoms. The molecule has 29 heavy (non-hydrogen) atoms. The van der Waals surface area contributed by atoms with E-state index in [9.17, 15) is 9.50 Å². The fourth-order valence-electron chi connectivity index (χ4n) is 3.38. The third-order valence-electron chi connectivity index (χ3n) is 4.93. The largest absolute Gasteiger partial charge is 0.393 e. The lowest BCUT2D eigenvalue weighted by Gasteiger charge is -2.31. The number of nitrogens with one attached hydrogen (secondary N) is 2. The molecule has 2 aromatic rings. The molecule has 1 aliphatic heterocycles. The zero-order chi connectivity index (χ0) is 19.9. The number of rotatable bonds is 6. The smallest absolute Gasteiger partial charge is 0.191 e. The minimum Gasteiger partial charge on any atom is -0.393 e. The van der Waals surface area contributed by atoms with Gasteiger partial charge in [-0.25, -0.2) is 9.38 Å². The molecule has 1 aromatic heterocycles. The molecule has 6 nitrogen and oxygen atoms in total. The maximum atomic E-state index is 14.6. The number of halogens is 2. The highest BCUT2D eigenvalue weighted by Crippen LogP contribution is 2.24. The summed E-state index contributed by atoms with van der Waals surface area (Å²) >= 11 is 0. The molecule has 1 saturated heterocycles. The van der Waals surface area contributed by atoms with Gasteiger partial charge in [-0.05, 0) is 49.1 Å². The average molecular weight is 515 g/mol. The lowest BCUT2D eigenvalue weighted by atomic mass is 10.1. The van der Waals surface area contributed by atoms with Crippen molar-refractivity contribution in [1.29, 1.82) is 0 Å². The van der Waals surface area contributed by atoms with Crippen molar-refractivity contribution in [2.24, 2.45) is 12.0 Å². The van der Waals surface area contributed by atoms with E-state index in [2.05, 4.69) is 15.6 Å². The van der Waals surface area contributed by atoms with Crippen molar-refractivity contribution in [1.82, 2.24) is 15.2 Å². The zero-order valence-electron chi connectivity index (χ0n) is 17.1. The van der Waals surface area contributed by atoms with Gasteiger partial charge in [0.2, 0.25) is 0 Å². The topological polar surface area (TPSA) is 64.8 Å². The van der Waals surface area contributed by atoms with Gasteiger partial charge in [-0.2, -0.15) is 0 Å². The Bertz CT molecular complexity index is 802. The van der Waals surface area contributed by atoms with Crippen LogP contribution in [0.5, 0.6) is 0 Å². The normalized spacial score (nSPS) is 15.2. The lowest BCUT2D eigenvalue weighted by molar-refractivity contribution is 0.145. The monoisotopic (exact) mass is 515 g/mol. The second kappa shape index (κ2) is 11.4. The maximum Gasteiger partial charge on any atom is 0.191 e. The first-order valence-electron chi connectivity index (χ1n) is 9.89. The molecule has 0 radical (unpaired) electrons. The molecule has 3 N–H and O–H groups in total. The predicted octanol–water partition coefficient (Wildman–Crippen LogP) is 3.00. The van der Waals surface area contributed by atoms with Crippen LogP contribution in [0.25, 0.3) is 0 Å². The number of hydrogen-bond donors (Lipinski definition) is 3. The van der Waals surface area contributed by atoms with Crippen molar-refractivity contribution >= 4 is 35.6 Å². The van der Waals surface area contributed by atoms with Gasteiger partial charge in [0.1, 0.15) is 5.82 Å². The molecule has 0 amide bonds. The van der Waals surface area contributed by atoms with Crippen molar-refractivity contribution in [3.05, 3.63) is 53.6 Å². The number of anilines is 1. The Morgan fingerprint density at radius 3 is 2.59 bits per heavy atom. The molecule has 2 heterocycles. The van der Waals surface area contributed by atoms with Crippen LogP contribution in [-0.2, 0) is 20.1 Å². The summed E-state index contributed by atoms with van der Waals surface area (Å²) in [5, 5.41) is 16.1. The van der Waals surface area contributed by atoms with E-state index >= 15 is 0 Å². The summed E-state index contributed by atoms with van der Waals surface area (Å²) in [5.41, 5.74) is 2.62. The summed E-state index contributed by atoms with van der Waals surface area (Å²) in [5.74, 6) is 0.489. The zero-order valence-corrected chi connectivity index (χ0v) is 19.4. The highest BCUT2D eigenvalue weighted by atomic mass is 127. The Hall–Kier alpha value is -1.81. The molecular weight excluding hydrogens is 484 g/mol. The van der Waals surface area contributed by atoms with Crippen LogP contribution in [0.3, 0.4) is 0 Å². The van der Waals surface area contributed by atoms with Gasteiger partial charge in [-0.1, -0.05) is 6.07 Å². The van der Waals surface area contributed by atoms with E-state index < -0.39 is 0 Å². The molecule has 0 aliphatic carbocycles. The molecule has 1 aliphatic rings. The molecule has 0 saturated carbocycles. The summed E-state index contributed by atoms with van der Waals surface area (Å²) in [6.45, 7) is 5.23. The summed E-state index contributed by atoms with van der Waals surface area (Å²) in [7, 11) is 1.99. The van der Waals surface area contributed by atoms with Gasteiger partial charge in [0.15, 0.2) is 5.96 Å². The Labute approximate surface area is 189 Å². The number of aromatic nitrogens is 1. The number of hydrogen-bond acceptors (Lipinski definition) is 3. The SMILES string of the molecule is CCNC(=NCc1ccn(C)c1)NCc1ccc(N2CCC(O)CC2)c(F)c1.I. The van der Waals surface area contributed by atoms with Gasteiger partial charge in [0.25, 0.3) is 0 Å². The third kappa shape index (κ3) is 6.88. The number of aliphatic imine (C=N–C) groups is 1. The molecule has 0 atom stereocenters. The molecule has 8 heteroatoms. The number of aliphatic hydroxyl groups excluding tert-OH is 1. The highest BCUT2D eigenvalue weighted by molar-refractivity contribution is 14.0. The third-order valence-corrected chi connectivity index (χ3v) is 4.93. The minimum atomic E-state index is -0.262. The Balaban J connectivity index is 0.00000300. The second-order valence-corrected chi connectivity index (χ2v) is 7.24. The van der Waals surface area contributed by atoms with Gasteiger partial charge >= 0.3 is 0 Å². The van der Waals surface area contributed by atoms with Crippen LogP contribution in [0.1, 0.15) is 30.9 Å². The number of guanidine groups is 1. The minimum absolute atomic E-state index is 0. The number of aliphatic hydroxyl groups is 1. The Morgan fingerprint density at radius 2 is 1.97 bits per heavy atom. The molecule has 3 rings (SSSR count). The summed E-state index contributed by atoms with van der Waals surface area (Å²) in [6, 6.07) is 7.39. The summed E-state index contributed by atoms with van der Waals surface area (Å²) in [6.07, 6.45) is 5.15. The van der Waals surface area contributed by atoms with Gasteiger partial charge in [0.05, 0.1) is 18.3 Å². The van der Waals surface area contributed by atoms with Crippen LogP contribution in [0.4, 0.5) is 10.1 Å². The van der Waals surface area contributed by atoms with E-state index in [-0.39, 0.29) is 35.9 Å². The summed E-state index contributed by atoms with van der Waals surface area (Å²) < 4.78 is 16.6. The Kier molecular flexibility index (Phi) is 9.22. The highest BCUT2D eigenvalue weighted by Gasteiger charge is 2.19.